The SMILES string of the molecule is CNC(=O)CSc1nc2cc(S(=O)(=O)Nc3ccc(Cl)cc3)ccc2o1. The van der Waals surface area contributed by atoms with Crippen molar-refractivity contribution in [2.75, 3.05) is 17.5 Å². The molecule has 0 atom stereocenters. The van der Waals surface area contributed by atoms with E-state index >= 15 is 0 Å². The van der Waals surface area contributed by atoms with Crippen molar-refractivity contribution in [1.29, 1.82) is 0 Å². The molecule has 2 N–H and O–H groups in total. The molecular weight excluding hydrogens is 398 g/mol. The molecule has 0 saturated carbocycles. The molecule has 0 bridgehead atoms. The number of hydrogen-bond acceptors (Lipinski definition) is 6. The monoisotopic (exact) mass is 411 g/mol. The van der Waals surface area contributed by atoms with Crippen LogP contribution in [-0.2, 0) is 14.8 Å². The van der Waals surface area contributed by atoms with Crippen LogP contribution in [0, 0.1) is 0 Å². The van der Waals surface area contributed by atoms with Gasteiger partial charge in [0.15, 0.2) is 5.58 Å². The minimum absolute atomic E-state index is 0.0519. The standard InChI is InChI=1S/C16H14ClN3O4S2/c1-18-15(21)9-25-16-19-13-8-12(6-7-14(13)24-16)26(22,23)20-11-4-2-10(17)3-5-11/h2-8,20H,9H2,1H3,(H,18,21). The number of oxazole rings is 1. The number of aromatic nitrogens is 1. The average molecular weight is 412 g/mol. The van der Waals surface area contributed by atoms with Crippen molar-refractivity contribution < 1.29 is 17.6 Å². The lowest BCUT2D eigenvalue weighted by molar-refractivity contribution is -0.118. The number of halogens is 1. The van der Waals surface area contributed by atoms with E-state index in [9.17, 15) is 13.2 Å². The molecule has 3 aromatic rings. The van der Waals surface area contributed by atoms with E-state index < -0.39 is 10.0 Å². The van der Waals surface area contributed by atoms with Gasteiger partial charge in [0.1, 0.15) is 5.52 Å². The number of benzene rings is 2. The molecule has 0 unspecified atom stereocenters. The lowest BCUT2D eigenvalue weighted by Gasteiger charge is -2.07. The van der Waals surface area contributed by atoms with E-state index in [1.807, 2.05) is 0 Å². The summed E-state index contributed by atoms with van der Waals surface area (Å²) in [5.74, 6) is -0.000223. The van der Waals surface area contributed by atoms with Crippen LogP contribution in [0.3, 0.4) is 0 Å². The van der Waals surface area contributed by atoms with Crippen LogP contribution in [0.4, 0.5) is 5.69 Å². The second kappa shape index (κ2) is 7.56. The summed E-state index contributed by atoms with van der Waals surface area (Å²) >= 11 is 6.93. The van der Waals surface area contributed by atoms with Crippen LogP contribution in [0.5, 0.6) is 0 Å². The van der Waals surface area contributed by atoms with Crippen molar-refractivity contribution in [3.8, 4) is 0 Å². The first kappa shape index (κ1) is 18.6. The number of fused-ring (bicyclic) bond motifs is 1. The third-order valence-electron chi connectivity index (χ3n) is 3.35. The Kier molecular flexibility index (Phi) is 5.40. The van der Waals surface area contributed by atoms with Crippen molar-refractivity contribution >= 4 is 56.1 Å². The third kappa shape index (κ3) is 4.29. The molecule has 7 nitrogen and oxygen atoms in total. The Morgan fingerprint density at radius 3 is 2.65 bits per heavy atom. The Hall–Kier alpha value is -2.23. The van der Waals surface area contributed by atoms with E-state index in [2.05, 4.69) is 15.0 Å². The summed E-state index contributed by atoms with van der Waals surface area (Å²) in [6, 6.07) is 10.7. The van der Waals surface area contributed by atoms with E-state index in [-0.39, 0.29) is 16.6 Å². The van der Waals surface area contributed by atoms with Crippen LogP contribution in [0.1, 0.15) is 0 Å². The Labute approximate surface area is 159 Å². The maximum Gasteiger partial charge on any atom is 0.261 e. The minimum atomic E-state index is -3.78. The van der Waals surface area contributed by atoms with E-state index in [4.69, 9.17) is 16.0 Å². The third-order valence-corrected chi connectivity index (χ3v) is 5.81. The summed E-state index contributed by atoms with van der Waals surface area (Å²) in [5.41, 5.74) is 1.23. The lowest BCUT2D eigenvalue weighted by atomic mass is 10.3. The van der Waals surface area contributed by atoms with Gasteiger partial charge >= 0.3 is 0 Å². The molecule has 0 fully saturated rings. The number of anilines is 1. The molecule has 0 aliphatic rings. The number of carbonyl (C=O) groups is 1. The van der Waals surface area contributed by atoms with Gasteiger partial charge in [-0.1, -0.05) is 23.4 Å². The molecule has 0 saturated heterocycles. The Morgan fingerprint density at radius 2 is 1.96 bits per heavy atom. The maximum absolute atomic E-state index is 12.5. The molecule has 3 rings (SSSR count). The number of rotatable bonds is 6. The number of sulfonamides is 1. The van der Waals surface area contributed by atoms with Gasteiger partial charge in [-0.05, 0) is 42.5 Å². The van der Waals surface area contributed by atoms with Gasteiger partial charge < -0.3 is 9.73 Å². The fourth-order valence-corrected chi connectivity index (χ4v) is 3.96. The van der Waals surface area contributed by atoms with Gasteiger partial charge in [0, 0.05) is 17.8 Å². The second-order valence-electron chi connectivity index (χ2n) is 5.18. The highest BCUT2D eigenvalue weighted by molar-refractivity contribution is 7.99. The van der Waals surface area contributed by atoms with Crippen LogP contribution < -0.4 is 10.0 Å². The number of thioether (sulfide) groups is 1. The first-order chi connectivity index (χ1) is 12.4. The van der Waals surface area contributed by atoms with Crippen molar-refractivity contribution in [3.63, 3.8) is 0 Å². The zero-order valence-electron chi connectivity index (χ0n) is 13.5. The average Bonchev–Trinajstić information content (AvgIpc) is 3.03. The highest BCUT2D eigenvalue weighted by atomic mass is 35.5. The fraction of sp³-hybridized carbons (Fsp3) is 0.125. The predicted molar refractivity (Wildman–Crippen MR) is 101 cm³/mol. The van der Waals surface area contributed by atoms with Gasteiger partial charge in [-0.2, -0.15) is 0 Å². The quantitative estimate of drug-likeness (QED) is 0.604. The van der Waals surface area contributed by atoms with Crippen LogP contribution in [0.2, 0.25) is 5.02 Å². The molecule has 10 heteroatoms. The van der Waals surface area contributed by atoms with E-state index in [1.165, 1.54) is 18.2 Å². The summed E-state index contributed by atoms with van der Waals surface area (Å²) < 4.78 is 33.0. The molecule has 136 valence electrons. The molecule has 26 heavy (non-hydrogen) atoms. The number of carbonyl (C=O) groups excluding carboxylic acids is 1. The zero-order valence-corrected chi connectivity index (χ0v) is 15.9. The number of nitrogens with zero attached hydrogens (tertiary/aromatic N) is 1. The lowest BCUT2D eigenvalue weighted by Crippen LogP contribution is -2.19. The van der Waals surface area contributed by atoms with Crippen LogP contribution >= 0.6 is 23.4 Å². The van der Waals surface area contributed by atoms with Crippen LogP contribution in [0.15, 0.2) is 57.0 Å². The Bertz CT molecular complexity index is 1050. The first-order valence-electron chi connectivity index (χ1n) is 7.40. The van der Waals surface area contributed by atoms with Crippen molar-refractivity contribution in [1.82, 2.24) is 10.3 Å². The van der Waals surface area contributed by atoms with E-state index in [0.717, 1.165) is 11.8 Å². The molecular formula is C16H14ClN3O4S2. The van der Waals surface area contributed by atoms with Gasteiger partial charge in [0.2, 0.25) is 5.91 Å². The summed E-state index contributed by atoms with van der Waals surface area (Å²) in [6.45, 7) is 0. The summed E-state index contributed by atoms with van der Waals surface area (Å²) in [6.07, 6.45) is 0. The number of nitrogens with one attached hydrogen (secondary N) is 2. The minimum Gasteiger partial charge on any atom is -0.431 e. The molecule has 0 radical (unpaired) electrons. The second-order valence-corrected chi connectivity index (χ2v) is 8.23. The molecule has 0 aliphatic carbocycles. The fourth-order valence-electron chi connectivity index (χ4n) is 2.05. The van der Waals surface area contributed by atoms with Gasteiger partial charge in [-0.3, -0.25) is 9.52 Å². The molecule has 0 spiro atoms. The smallest absolute Gasteiger partial charge is 0.261 e. The van der Waals surface area contributed by atoms with Crippen molar-refractivity contribution in [2.24, 2.45) is 0 Å². The summed E-state index contributed by atoms with van der Waals surface area (Å²) in [7, 11) is -2.24. The highest BCUT2D eigenvalue weighted by Gasteiger charge is 2.17. The van der Waals surface area contributed by atoms with Gasteiger partial charge in [-0.25, -0.2) is 13.4 Å². The molecule has 1 aromatic heterocycles. The number of hydrogen-bond donors (Lipinski definition) is 2. The van der Waals surface area contributed by atoms with Gasteiger partial charge in [0.25, 0.3) is 15.2 Å². The molecule has 0 aliphatic heterocycles. The van der Waals surface area contributed by atoms with Gasteiger partial charge in [-0.15, -0.1) is 0 Å². The van der Waals surface area contributed by atoms with E-state index in [0.29, 0.717) is 27.0 Å². The predicted octanol–water partition coefficient (Wildman–Crippen LogP) is 3.12. The Balaban J connectivity index is 1.83. The normalized spacial score (nSPS) is 11.5. The zero-order chi connectivity index (χ0) is 18.7. The van der Waals surface area contributed by atoms with Crippen LogP contribution in [0.25, 0.3) is 11.1 Å². The van der Waals surface area contributed by atoms with Gasteiger partial charge in [0.05, 0.1) is 10.6 Å². The van der Waals surface area contributed by atoms with Crippen molar-refractivity contribution in [2.45, 2.75) is 10.1 Å². The first-order valence-corrected chi connectivity index (χ1v) is 10.2. The van der Waals surface area contributed by atoms with E-state index in [1.54, 1.807) is 31.3 Å². The molecule has 2 aromatic carbocycles. The summed E-state index contributed by atoms with van der Waals surface area (Å²) in [5, 5.41) is 3.31. The largest absolute Gasteiger partial charge is 0.431 e. The number of amides is 1. The molecule has 1 heterocycles. The maximum atomic E-state index is 12.5. The highest BCUT2D eigenvalue weighted by Crippen LogP contribution is 2.26. The summed E-state index contributed by atoms with van der Waals surface area (Å²) in [4.78, 5) is 15.6. The Morgan fingerprint density at radius 1 is 1.23 bits per heavy atom. The van der Waals surface area contributed by atoms with Crippen molar-refractivity contribution in [3.05, 3.63) is 47.5 Å². The van der Waals surface area contributed by atoms with Crippen LogP contribution in [-0.4, -0.2) is 32.1 Å². The topological polar surface area (TPSA) is 101 Å². The molecule has 1 amide bonds.